The summed E-state index contributed by atoms with van der Waals surface area (Å²) in [5.41, 5.74) is 2.01. The highest BCUT2D eigenvalue weighted by Crippen LogP contribution is 2.15. The monoisotopic (exact) mass is 376 g/mol. The lowest BCUT2D eigenvalue weighted by molar-refractivity contribution is -0.152. The van der Waals surface area contributed by atoms with Crippen LogP contribution in [0.3, 0.4) is 0 Å². The third-order valence-electron chi connectivity index (χ3n) is 3.93. The first-order valence-corrected chi connectivity index (χ1v) is 10.0. The first kappa shape index (κ1) is 20.5. The van der Waals surface area contributed by atoms with Crippen molar-refractivity contribution in [3.63, 3.8) is 0 Å². The number of amides is 1. The van der Waals surface area contributed by atoms with Gasteiger partial charge < -0.3 is 10.1 Å². The molecule has 0 saturated carbocycles. The fourth-order valence-corrected chi connectivity index (χ4v) is 3.06. The van der Waals surface area contributed by atoms with Gasteiger partial charge in [-0.2, -0.15) is 8.78 Å². The van der Waals surface area contributed by atoms with Crippen molar-refractivity contribution in [1.29, 1.82) is 0 Å². The van der Waals surface area contributed by atoms with Gasteiger partial charge in [0, 0.05) is 13.1 Å². The van der Waals surface area contributed by atoms with E-state index in [-0.39, 0.29) is 12.5 Å². The van der Waals surface area contributed by atoms with E-state index in [1.165, 1.54) is 0 Å². The number of alkyl halides is 2. The normalized spacial score (nSPS) is 12.3. The summed E-state index contributed by atoms with van der Waals surface area (Å²) >= 11 is 0.794. The summed E-state index contributed by atoms with van der Waals surface area (Å²) in [4.78, 5) is 14.4. The van der Waals surface area contributed by atoms with Crippen molar-refractivity contribution in [3.05, 3.63) is 71.8 Å². The van der Waals surface area contributed by atoms with Crippen LogP contribution in [0.5, 0.6) is 0 Å². The molecule has 138 valence electrons. The van der Waals surface area contributed by atoms with E-state index in [0.29, 0.717) is 18.5 Å². The predicted octanol–water partition coefficient (Wildman–Crippen LogP) is 2.00. The molecule has 2 aromatic rings. The summed E-state index contributed by atoms with van der Waals surface area (Å²) in [7, 11) is 0. The van der Waals surface area contributed by atoms with Crippen LogP contribution in [-0.4, -0.2) is 51.8 Å². The Kier molecular flexibility index (Phi) is 8.72. The summed E-state index contributed by atoms with van der Waals surface area (Å²) in [5.74, 6) is -0.285. The summed E-state index contributed by atoms with van der Waals surface area (Å²) in [6, 6.07) is 18.5. The largest absolute Gasteiger partial charge is 0.369 e. The maximum absolute atomic E-state index is 12.6. The second-order valence-corrected chi connectivity index (χ2v) is 6.59. The second kappa shape index (κ2) is 11.0. The van der Waals surface area contributed by atoms with Crippen LogP contribution < -0.4 is 5.32 Å². The van der Waals surface area contributed by atoms with Crippen molar-refractivity contribution in [2.24, 2.45) is 0 Å². The van der Waals surface area contributed by atoms with Crippen molar-refractivity contribution < 1.29 is 18.3 Å². The Bertz CT molecular complexity index is 618. The molecule has 1 amide bonds. The predicted molar refractivity (Wildman–Crippen MR) is 99.4 cm³/mol. The molecule has 0 aliphatic rings. The van der Waals surface area contributed by atoms with Crippen molar-refractivity contribution >= 4 is 22.2 Å². The van der Waals surface area contributed by atoms with Gasteiger partial charge in [0.1, 0.15) is 6.04 Å². The SMILES string of the molecule is O=C(N[CH2][AlH2])C(COC(F)F)N(Cc1ccccc1)Cc1ccccc1. The Morgan fingerprint density at radius 2 is 1.50 bits per heavy atom. The van der Waals surface area contributed by atoms with Crippen molar-refractivity contribution in [2.75, 3.05) is 12.0 Å². The molecule has 26 heavy (non-hydrogen) atoms. The fourth-order valence-electron chi connectivity index (χ4n) is 2.71. The molecule has 0 bridgehead atoms. The van der Waals surface area contributed by atoms with E-state index >= 15 is 0 Å². The fraction of sp³-hybridized carbons (Fsp3) is 0.316. The Balaban J connectivity index is 2.24. The summed E-state index contributed by atoms with van der Waals surface area (Å²) in [6.45, 7) is -2.34. The second-order valence-electron chi connectivity index (χ2n) is 5.88. The minimum absolute atomic E-state index is 0.285. The number of nitrogens with one attached hydrogen (secondary N) is 1. The lowest BCUT2D eigenvalue weighted by atomic mass is 10.1. The molecule has 0 aliphatic carbocycles. The zero-order valence-electron chi connectivity index (χ0n) is 14.8. The number of carbonyl (C=O) groups excluding carboxylic acids is 1. The Labute approximate surface area is 160 Å². The molecule has 0 heterocycles. The Hall–Kier alpha value is -1.78. The number of nitrogens with zero attached hydrogens (tertiary/aromatic N) is 1. The number of rotatable bonds is 10. The zero-order valence-corrected chi connectivity index (χ0v) is 16.8. The van der Waals surface area contributed by atoms with Crippen molar-refractivity contribution in [3.8, 4) is 0 Å². The molecular formula is C19H23AlF2N2O2. The van der Waals surface area contributed by atoms with Crippen LogP contribution in [-0.2, 0) is 22.6 Å². The molecule has 0 fully saturated rings. The zero-order chi connectivity index (χ0) is 18.8. The van der Waals surface area contributed by atoms with Crippen LogP contribution in [0.2, 0.25) is 0 Å². The molecule has 1 N–H and O–H groups in total. The van der Waals surface area contributed by atoms with Crippen LogP contribution in [0.1, 0.15) is 11.1 Å². The molecular weight excluding hydrogens is 353 g/mol. The van der Waals surface area contributed by atoms with Gasteiger partial charge in [-0.1, -0.05) is 60.7 Å². The van der Waals surface area contributed by atoms with E-state index in [4.69, 9.17) is 0 Å². The summed E-state index contributed by atoms with van der Waals surface area (Å²) in [5, 5.41) is 3.34. The molecule has 0 radical (unpaired) electrons. The highest BCUT2D eigenvalue weighted by Gasteiger charge is 2.27. The minimum atomic E-state index is -2.91. The number of halogens is 2. The number of hydrogen-bond donors (Lipinski definition) is 1. The Morgan fingerprint density at radius 1 is 1.00 bits per heavy atom. The maximum atomic E-state index is 12.6. The van der Waals surface area contributed by atoms with Gasteiger partial charge in [-0.15, -0.1) is 0 Å². The average Bonchev–Trinajstić information content (AvgIpc) is 2.63. The summed E-state index contributed by atoms with van der Waals surface area (Å²) in [6.07, 6.45) is 0. The number of benzene rings is 2. The molecule has 2 aromatic carbocycles. The van der Waals surface area contributed by atoms with Crippen LogP contribution >= 0.6 is 0 Å². The third kappa shape index (κ3) is 6.85. The quantitative estimate of drug-likeness (QED) is 0.645. The smallest absolute Gasteiger partial charge is 0.345 e. The topological polar surface area (TPSA) is 41.6 Å². The number of ether oxygens (including phenoxy) is 1. The molecule has 2 rings (SSSR count). The van der Waals surface area contributed by atoms with E-state index in [1.807, 2.05) is 65.6 Å². The van der Waals surface area contributed by atoms with E-state index in [0.717, 1.165) is 27.4 Å². The van der Waals surface area contributed by atoms with Gasteiger partial charge in [0.05, 0.1) is 6.61 Å². The lowest BCUT2D eigenvalue weighted by Gasteiger charge is -2.31. The Morgan fingerprint density at radius 3 is 1.92 bits per heavy atom. The highest BCUT2D eigenvalue weighted by molar-refractivity contribution is 6.10. The van der Waals surface area contributed by atoms with Crippen molar-refractivity contribution in [2.45, 2.75) is 25.7 Å². The van der Waals surface area contributed by atoms with Gasteiger partial charge >= 0.3 is 6.61 Å². The first-order valence-electron chi connectivity index (χ1n) is 8.59. The van der Waals surface area contributed by atoms with Gasteiger partial charge in [0.25, 0.3) is 0 Å². The van der Waals surface area contributed by atoms with Crippen LogP contribution in [0.4, 0.5) is 8.78 Å². The van der Waals surface area contributed by atoms with E-state index in [2.05, 4.69) is 10.1 Å². The van der Waals surface area contributed by atoms with Gasteiger partial charge in [0.15, 0.2) is 0 Å². The lowest BCUT2D eigenvalue weighted by Crippen LogP contribution is -2.49. The molecule has 0 aliphatic heterocycles. The van der Waals surface area contributed by atoms with Gasteiger partial charge in [0.2, 0.25) is 22.2 Å². The average molecular weight is 376 g/mol. The highest BCUT2D eigenvalue weighted by atomic mass is 27.0. The first-order chi connectivity index (χ1) is 12.6. The van der Waals surface area contributed by atoms with E-state index < -0.39 is 12.7 Å². The number of carbonyl (C=O) groups is 1. The number of hydrogen-bond acceptors (Lipinski definition) is 3. The molecule has 7 heteroatoms. The van der Waals surface area contributed by atoms with E-state index in [1.54, 1.807) is 0 Å². The van der Waals surface area contributed by atoms with E-state index in [9.17, 15) is 13.6 Å². The molecule has 0 saturated heterocycles. The molecule has 0 aromatic heterocycles. The van der Waals surface area contributed by atoms with Crippen molar-refractivity contribution in [1.82, 2.24) is 10.2 Å². The van der Waals surface area contributed by atoms with Gasteiger partial charge in [-0.3, -0.25) is 9.69 Å². The maximum Gasteiger partial charge on any atom is 0.345 e. The summed E-state index contributed by atoms with van der Waals surface area (Å²) < 4.78 is 29.7. The molecule has 4 nitrogen and oxygen atoms in total. The van der Waals surface area contributed by atoms with Crippen LogP contribution in [0.25, 0.3) is 0 Å². The molecule has 0 spiro atoms. The molecule has 1 atom stereocenters. The third-order valence-corrected chi connectivity index (χ3v) is 4.29. The van der Waals surface area contributed by atoms with Crippen LogP contribution in [0, 0.1) is 0 Å². The van der Waals surface area contributed by atoms with Crippen LogP contribution in [0.15, 0.2) is 60.7 Å². The molecule has 1 unspecified atom stereocenters. The minimum Gasteiger partial charge on any atom is -0.369 e. The standard InChI is InChI=1S/C19H21F2N2O2.Al.2H/c1-22-18(24)17(14-25-19(20)21)23(12-15-8-4-2-5-9-15)13-16-10-6-3-7-11-16;;;/h2-11,17,19H,1,12-14H2,(H,22,24);;;. The van der Waals surface area contributed by atoms with Gasteiger partial charge in [-0.05, 0) is 16.5 Å². The van der Waals surface area contributed by atoms with Gasteiger partial charge in [-0.25, -0.2) is 0 Å².